The summed E-state index contributed by atoms with van der Waals surface area (Å²) in [4.78, 5) is 25.3. The lowest BCUT2D eigenvalue weighted by molar-refractivity contribution is -0.126. The second kappa shape index (κ2) is 4.74. The number of nitrogens with two attached hydrogens (primary N) is 2. The number of anilines is 1. The molecule has 1 aromatic carbocycles. The number of amides is 2. The highest BCUT2D eigenvalue weighted by Crippen LogP contribution is 2.32. The van der Waals surface area contributed by atoms with E-state index < -0.39 is 5.41 Å². The molecule has 0 radical (unpaired) electrons. The maximum absolute atomic E-state index is 12.4. The highest BCUT2D eigenvalue weighted by Gasteiger charge is 2.41. The number of benzene rings is 1. The number of hydrogen-bond donors (Lipinski definition) is 2. The minimum Gasteiger partial charge on any atom is -0.397 e. The van der Waals surface area contributed by atoms with Crippen LogP contribution in [0.4, 0.5) is 5.69 Å². The van der Waals surface area contributed by atoms with Gasteiger partial charge in [0.15, 0.2) is 0 Å². The Labute approximate surface area is 116 Å². The monoisotopic (exact) mass is 281 g/mol. The summed E-state index contributed by atoms with van der Waals surface area (Å²) in [6, 6.07) is 4.93. The van der Waals surface area contributed by atoms with Gasteiger partial charge in [-0.15, -0.1) is 0 Å². The summed E-state index contributed by atoms with van der Waals surface area (Å²) in [5.74, 6) is -0.605. The molecule has 1 aliphatic rings. The summed E-state index contributed by atoms with van der Waals surface area (Å²) in [6.07, 6.45) is 0.564. The standard InChI is InChI=1S/C13H16ClN3O2/c1-13(12(16)19)5-6-17(7-13)11(18)8-3-2-4-9(14)10(8)15/h2-4H,5-7,15H2,1H3,(H2,16,19). The van der Waals surface area contributed by atoms with Crippen molar-refractivity contribution in [3.8, 4) is 0 Å². The molecule has 1 fully saturated rings. The molecule has 0 spiro atoms. The molecule has 6 heteroatoms. The van der Waals surface area contributed by atoms with E-state index in [9.17, 15) is 9.59 Å². The zero-order valence-electron chi connectivity index (χ0n) is 10.6. The van der Waals surface area contributed by atoms with Crippen molar-refractivity contribution in [1.82, 2.24) is 4.90 Å². The zero-order chi connectivity index (χ0) is 14.2. The molecule has 1 heterocycles. The minimum atomic E-state index is -0.664. The van der Waals surface area contributed by atoms with Gasteiger partial charge in [0.25, 0.3) is 5.91 Å². The van der Waals surface area contributed by atoms with Gasteiger partial charge in [-0.1, -0.05) is 17.7 Å². The van der Waals surface area contributed by atoms with E-state index in [1.54, 1.807) is 30.0 Å². The first-order valence-corrected chi connectivity index (χ1v) is 6.36. The van der Waals surface area contributed by atoms with Crippen molar-refractivity contribution < 1.29 is 9.59 Å². The smallest absolute Gasteiger partial charge is 0.256 e. The van der Waals surface area contributed by atoms with Crippen LogP contribution >= 0.6 is 11.6 Å². The molecular formula is C13H16ClN3O2. The van der Waals surface area contributed by atoms with E-state index in [0.717, 1.165) is 0 Å². The van der Waals surface area contributed by atoms with Crippen LogP contribution in [0.25, 0.3) is 0 Å². The van der Waals surface area contributed by atoms with E-state index in [1.165, 1.54) is 0 Å². The average Bonchev–Trinajstić information content (AvgIpc) is 2.76. The molecule has 2 rings (SSSR count). The lowest BCUT2D eigenvalue weighted by Crippen LogP contribution is -2.38. The van der Waals surface area contributed by atoms with Crippen LogP contribution < -0.4 is 11.5 Å². The van der Waals surface area contributed by atoms with E-state index in [4.69, 9.17) is 23.1 Å². The Morgan fingerprint density at radius 1 is 1.42 bits per heavy atom. The third kappa shape index (κ3) is 2.38. The van der Waals surface area contributed by atoms with Crippen LogP contribution in [-0.4, -0.2) is 29.8 Å². The first-order chi connectivity index (χ1) is 8.85. The number of likely N-dealkylation sites (tertiary alicyclic amines) is 1. The predicted octanol–water partition coefficient (Wildman–Crippen LogP) is 1.26. The fraction of sp³-hybridized carbons (Fsp3) is 0.385. The number of primary amides is 1. The van der Waals surface area contributed by atoms with Gasteiger partial charge in [0.05, 0.1) is 21.7 Å². The van der Waals surface area contributed by atoms with Gasteiger partial charge >= 0.3 is 0 Å². The number of nitrogens with zero attached hydrogens (tertiary/aromatic N) is 1. The van der Waals surface area contributed by atoms with E-state index >= 15 is 0 Å². The Morgan fingerprint density at radius 3 is 2.68 bits per heavy atom. The highest BCUT2D eigenvalue weighted by atomic mass is 35.5. The Morgan fingerprint density at radius 2 is 2.11 bits per heavy atom. The van der Waals surface area contributed by atoms with E-state index in [0.29, 0.717) is 30.1 Å². The van der Waals surface area contributed by atoms with Gasteiger partial charge in [0, 0.05) is 13.1 Å². The fourth-order valence-electron chi connectivity index (χ4n) is 2.23. The van der Waals surface area contributed by atoms with Gasteiger partial charge in [-0.2, -0.15) is 0 Å². The maximum atomic E-state index is 12.4. The molecular weight excluding hydrogens is 266 g/mol. The van der Waals surface area contributed by atoms with Crippen LogP contribution in [0.3, 0.4) is 0 Å². The Balaban J connectivity index is 2.23. The topological polar surface area (TPSA) is 89.4 Å². The number of carbonyl (C=O) groups excluding carboxylic acids is 2. The lowest BCUT2D eigenvalue weighted by Gasteiger charge is -2.21. The van der Waals surface area contributed by atoms with E-state index in [2.05, 4.69) is 0 Å². The van der Waals surface area contributed by atoms with Crippen LogP contribution in [-0.2, 0) is 4.79 Å². The van der Waals surface area contributed by atoms with Crippen LogP contribution in [0.1, 0.15) is 23.7 Å². The number of para-hydroxylation sites is 1. The summed E-state index contributed by atoms with van der Waals surface area (Å²) in [7, 11) is 0. The van der Waals surface area contributed by atoms with Crippen molar-refractivity contribution in [3.05, 3.63) is 28.8 Å². The molecule has 5 nitrogen and oxygen atoms in total. The molecule has 4 N–H and O–H groups in total. The number of carbonyl (C=O) groups is 2. The van der Waals surface area contributed by atoms with Gasteiger partial charge in [0.1, 0.15) is 0 Å². The predicted molar refractivity (Wildman–Crippen MR) is 73.7 cm³/mol. The summed E-state index contributed by atoms with van der Waals surface area (Å²) in [5.41, 5.74) is 11.1. The summed E-state index contributed by atoms with van der Waals surface area (Å²) in [5, 5.41) is 0.350. The molecule has 1 atom stereocenters. The summed E-state index contributed by atoms with van der Waals surface area (Å²) in [6.45, 7) is 2.57. The third-order valence-corrected chi connectivity index (χ3v) is 3.97. The van der Waals surface area contributed by atoms with Crippen LogP contribution in [0.2, 0.25) is 5.02 Å². The van der Waals surface area contributed by atoms with Crippen LogP contribution in [0.5, 0.6) is 0 Å². The quantitative estimate of drug-likeness (QED) is 0.800. The minimum absolute atomic E-state index is 0.218. The average molecular weight is 282 g/mol. The highest BCUT2D eigenvalue weighted by molar-refractivity contribution is 6.33. The largest absolute Gasteiger partial charge is 0.397 e. The van der Waals surface area contributed by atoms with Crippen molar-refractivity contribution in [2.24, 2.45) is 11.1 Å². The van der Waals surface area contributed by atoms with Gasteiger partial charge in [-0.3, -0.25) is 9.59 Å². The molecule has 2 amide bonds. The Hall–Kier alpha value is -1.75. The van der Waals surface area contributed by atoms with Crippen LogP contribution in [0, 0.1) is 5.41 Å². The number of nitrogen functional groups attached to an aromatic ring is 1. The van der Waals surface area contributed by atoms with Gasteiger partial charge in [-0.05, 0) is 25.5 Å². The molecule has 0 aliphatic carbocycles. The van der Waals surface area contributed by atoms with Gasteiger partial charge in [-0.25, -0.2) is 0 Å². The molecule has 0 saturated carbocycles. The Kier molecular flexibility index (Phi) is 3.41. The van der Waals surface area contributed by atoms with Crippen molar-refractivity contribution in [2.45, 2.75) is 13.3 Å². The Bertz CT molecular complexity index is 547. The maximum Gasteiger partial charge on any atom is 0.256 e. The van der Waals surface area contributed by atoms with Gasteiger partial charge < -0.3 is 16.4 Å². The lowest BCUT2D eigenvalue weighted by atomic mass is 9.89. The number of hydrogen-bond acceptors (Lipinski definition) is 3. The van der Waals surface area contributed by atoms with Crippen LogP contribution in [0.15, 0.2) is 18.2 Å². The molecule has 1 saturated heterocycles. The number of rotatable bonds is 2. The van der Waals surface area contributed by atoms with E-state index in [-0.39, 0.29) is 17.5 Å². The molecule has 0 aromatic heterocycles. The SMILES string of the molecule is CC1(C(N)=O)CCN(C(=O)c2cccc(Cl)c2N)C1. The van der Waals surface area contributed by atoms with Crippen molar-refractivity contribution in [1.29, 1.82) is 0 Å². The van der Waals surface area contributed by atoms with Crippen molar-refractivity contribution in [2.75, 3.05) is 18.8 Å². The van der Waals surface area contributed by atoms with Gasteiger partial charge in [0.2, 0.25) is 5.91 Å². The fourth-order valence-corrected chi connectivity index (χ4v) is 2.40. The molecule has 1 unspecified atom stereocenters. The third-order valence-electron chi connectivity index (χ3n) is 3.64. The second-order valence-electron chi connectivity index (χ2n) is 5.10. The number of halogens is 1. The first kappa shape index (κ1) is 13.7. The van der Waals surface area contributed by atoms with E-state index in [1.807, 2.05) is 0 Å². The zero-order valence-corrected chi connectivity index (χ0v) is 11.4. The van der Waals surface area contributed by atoms with Crippen molar-refractivity contribution >= 4 is 29.1 Å². The first-order valence-electron chi connectivity index (χ1n) is 5.98. The summed E-state index contributed by atoms with van der Waals surface area (Å²) >= 11 is 5.90. The molecule has 19 heavy (non-hydrogen) atoms. The normalized spacial score (nSPS) is 22.5. The summed E-state index contributed by atoms with van der Waals surface area (Å²) < 4.78 is 0. The second-order valence-corrected chi connectivity index (χ2v) is 5.51. The molecule has 102 valence electrons. The van der Waals surface area contributed by atoms with Crippen molar-refractivity contribution in [3.63, 3.8) is 0 Å². The molecule has 1 aliphatic heterocycles. The molecule has 0 bridgehead atoms. The molecule has 1 aromatic rings.